The van der Waals surface area contributed by atoms with Gasteiger partial charge in [-0.05, 0) is 101 Å². The fourth-order valence-corrected chi connectivity index (χ4v) is 6.07. The van der Waals surface area contributed by atoms with Crippen molar-refractivity contribution in [3.8, 4) is 0 Å². The van der Waals surface area contributed by atoms with Gasteiger partial charge in [0.2, 0.25) is 11.8 Å². The van der Waals surface area contributed by atoms with Gasteiger partial charge >= 0.3 is 0 Å². The van der Waals surface area contributed by atoms with Gasteiger partial charge in [0, 0.05) is 14.8 Å². The molecule has 3 amide bonds. The van der Waals surface area contributed by atoms with Crippen molar-refractivity contribution in [1.29, 1.82) is 0 Å². The lowest BCUT2D eigenvalue weighted by Gasteiger charge is -2.37. The van der Waals surface area contributed by atoms with Gasteiger partial charge < -0.3 is 5.32 Å². The first kappa shape index (κ1) is 18.3. The van der Waals surface area contributed by atoms with E-state index < -0.39 is 0 Å². The maximum absolute atomic E-state index is 13.2. The van der Waals surface area contributed by atoms with Crippen LogP contribution in [0.2, 0.25) is 0 Å². The smallest absolute Gasteiger partial charge is 0.255 e. The van der Waals surface area contributed by atoms with E-state index in [2.05, 4.69) is 40.1 Å². The summed E-state index contributed by atoms with van der Waals surface area (Å²) in [5.74, 6) is 0.807. The maximum Gasteiger partial charge on any atom is 0.255 e. The van der Waals surface area contributed by atoms with Gasteiger partial charge in [-0.2, -0.15) is 0 Å². The van der Waals surface area contributed by atoms with Crippen molar-refractivity contribution in [2.75, 3.05) is 10.2 Å². The molecule has 1 N–H and O–H groups in total. The minimum Gasteiger partial charge on any atom is -0.322 e. The number of imide groups is 1. The summed E-state index contributed by atoms with van der Waals surface area (Å²) in [5, 5.41) is 2.86. The highest BCUT2D eigenvalue weighted by atomic mass is 127. The molecule has 0 radical (unpaired) electrons. The molecule has 5 aliphatic rings. The number of carbonyl (C=O) groups excluding carboxylic acids is 3. The number of allylic oxidation sites excluding steroid dienone is 2. The van der Waals surface area contributed by atoms with Crippen molar-refractivity contribution in [2.45, 2.75) is 6.42 Å². The summed E-state index contributed by atoms with van der Waals surface area (Å²) < 4.78 is 1.09. The SMILES string of the molecule is O=C(Nc1ccc(I)cc1)c1ccc(N2C(=O)[C@@H]3[C@H]4C=C[C@@H]([C@@H]5C[C@@H]45)[C@@H]3C2=O)cc1. The molecule has 5 nitrogen and oxygen atoms in total. The molecule has 0 aromatic heterocycles. The summed E-state index contributed by atoms with van der Waals surface area (Å²) in [4.78, 5) is 40.3. The van der Waals surface area contributed by atoms with E-state index in [0.717, 1.165) is 15.7 Å². The Kier molecular flexibility index (Phi) is 3.97. The molecule has 4 aliphatic carbocycles. The van der Waals surface area contributed by atoms with Crippen LogP contribution in [-0.2, 0) is 9.59 Å². The number of amides is 3. The van der Waals surface area contributed by atoms with Crippen molar-refractivity contribution in [3.05, 3.63) is 69.8 Å². The van der Waals surface area contributed by atoms with Crippen molar-refractivity contribution in [1.82, 2.24) is 0 Å². The van der Waals surface area contributed by atoms with Crippen LogP contribution in [0, 0.1) is 39.1 Å². The normalized spacial score (nSPS) is 32.8. The molecule has 2 aromatic rings. The zero-order valence-electron chi connectivity index (χ0n) is 16.0. The van der Waals surface area contributed by atoms with Crippen LogP contribution in [0.1, 0.15) is 16.8 Å². The summed E-state index contributed by atoms with van der Waals surface area (Å²) in [6.45, 7) is 0. The zero-order chi connectivity index (χ0) is 20.6. The number of carbonyl (C=O) groups is 3. The van der Waals surface area contributed by atoms with E-state index >= 15 is 0 Å². The molecule has 7 rings (SSSR count). The van der Waals surface area contributed by atoms with E-state index in [-0.39, 0.29) is 41.4 Å². The van der Waals surface area contributed by atoms with Crippen LogP contribution in [0.5, 0.6) is 0 Å². The molecule has 2 saturated carbocycles. The third kappa shape index (κ3) is 2.62. The number of nitrogens with zero attached hydrogens (tertiary/aromatic N) is 1. The Balaban J connectivity index is 1.23. The van der Waals surface area contributed by atoms with E-state index in [0.29, 0.717) is 23.1 Å². The second-order valence-corrected chi connectivity index (χ2v) is 9.92. The summed E-state index contributed by atoms with van der Waals surface area (Å²) in [6, 6.07) is 14.3. The van der Waals surface area contributed by atoms with Crippen molar-refractivity contribution in [2.24, 2.45) is 35.5 Å². The van der Waals surface area contributed by atoms with Gasteiger partial charge in [-0.15, -0.1) is 0 Å². The van der Waals surface area contributed by atoms with Crippen molar-refractivity contribution >= 4 is 51.7 Å². The topological polar surface area (TPSA) is 66.5 Å². The van der Waals surface area contributed by atoms with E-state index in [1.807, 2.05) is 24.3 Å². The van der Waals surface area contributed by atoms with Gasteiger partial charge in [0.25, 0.3) is 5.91 Å². The summed E-state index contributed by atoms with van der Waals surface area (Å²) in [6.07, 6.45) is 5.50. The molecule has 0 spiro atoms. The first-order valence-electron chi connectivity index (χ1n) is 10.3. The van der Waals surface area contributed by atoms with Crippen molar-refractivity contribution < 1.29 is 14.4 Å². The fourth-order valence-electron chi connectivity index (χ4n) is 5.71. The molecule has 30 heavy (non-hydrogen) atoms. The lowest BCUT2D eigenvalue weighted by Crippen LogP contribution is -2.40. The van der Waals surface area contributed by atoms with Crippen LogP contribution in [0.15, 0.2) is 60.7 Å². The number of rotatable bonds is 3. The molecule has 6 atom stereocenters. The summed E-state index contributed by atoms with van der Waals surface area (Å²) in [5.41, 5.74) is 1.76. The minimum absolute atomic E-state index is 0.0780. The number of nitrogens with one attached hydrogen (secondary N) is 1. The fraction of sp³-hybridized carbons (Fsp3) is 0.292. The van der Waals surface area contributed by atoms with Gasteiger partial charge in [-0.3, -0.25) is 19.3 Å². The maximum atomic E-state index is 13.2. The molecular formula is C24H19IN2O3. The molecule has 6 heteroatoms. The largest absolute Gasteiger partial charge is 0.322 e. The number of hydrogen-bond donors (Lipinski definition) is 1. The van der Waals surface area contributed by atoms with E-state index in [1.54, 1.807) is 24.3 Å². The van der Waals surface area contributed by atoms with Crippen LogP contribution in [0.25, 0.3) is 0 Å². The molecule has 1 saturated heterocycles. The molecule has 150 valence electrons. The Bertz CT molecular complexity index is 1070. The molecule has 1 heterocycles. The quantitative estimate of drug-likeness (QED) is 0.384. The Morgan fingerprint density at radius 3 is 2.00 bits per heavy atom. The predicted octanol–water partition coefficient (Wildman–Crippen LogP) is 4.10. The third-order valence-corrected chi connectivity index (χ3v) is 7.87. The van der Waals surface area contributed by atoms with Crippen LogP contribution in [0.3, 0.4) is 0 Å². The number of benzene rings is 2. The Labute approximate surface area is 187 Å². The van der Waals surface area contributed by atoms with E-state index in [4.69, 9.17) is 0 Å². The lowest BCUT2D eigenvalue weighted by molar-refractivity contribution is -0.124. The highest BCUT2D eigenvalue weighted by Crippen LogP contribution is 2.65. The third-order valence-electron chi connectivity index (χ3n) is 7.15. The second kappa shape index (κ2) is 6.51. The monoisotopic (exact) mass is 510 g/mol. The van der Waals surface area contributed by atoms with Gasteiger partial charge in [-0.1, -0.05) is 12.2 Å². The average molecular weight is 510 g/mol. The van der Waals surface area contributed by atoms with Crippen LogP contribution < -0.4 is 10.2 Å². The average Bonchev–Trinajstić information content (AvgIpc) is 3.53. The van der Waals surface area contributed by atoms with Crippen LogP contribution in [0.4, 0.5) is 11.4 Å². The molecule has 2 aromatic carbocycles. The second-order valence-electron chi connectivity index (χ2n) is 8.67. The van der Waals surface area contributed by atoms with Crippen LogP contribution >= 0.6 is 22.6 Å². The van der Waals surface area contributed by atoms with Crippen LogP contribution in [-0.4, -0.2) is 17.7 Å². The first-order chi connectivity index (χ1) is 14.5. The highest BCUT2D eigenvalue weighted by molar-refractivity contribution is 14.1. The Morgan fingerprint density at radius 1 is 0.867 bits per heavy atom. The van der Waals surface area contributed by atoms with Gasteiger partial charge in [-0.25, -0.2) is 0 Å². The Morgan fingerprint density at radius 2 is 1.43 bits per heavy atom. The number of anilines is 2. The van der Waals surface area contributed by atoms with E-state index in [9.17, 15) is 14.4 Å². The minimum atomic E-state index is -0.224. The lowest BCUT2D eigenvalue weighted by atomic mass is 9.63. The Hall–Kier alpha value is -2.48. The zero-order valence-corrected chi connectivity index (χ0v) is 18.2. The van der Waals surface area contributed by atoms with E-state index in [1.165, 1.54) is 4.90 Å². The molecular weight excluding hydrogens is 491 g/mol. The van der Waals surface area contributed by atoms with Gasteiger partial charge in [0.05, 0.1) is 17.5 Å². The number of halogens is 1. The van der Waals surface area contributed by atoms with Crippen molar-refractivity contribution in [3.63, 3.8) is 0 Å². The van der Waals surface area contributed by atoms with Gasteiger partial charge in [0.15, 0.2) is 0 Å². The molecule has 2 bridgehead atoms. The van der Waals surface area contributed by atoms with Gasteiger partial charge in [0.1, 0.15) is 0 Å². The molecule has 0 unspecified atom stereocenters. The summed E-state index contributed by atoms with van der Waals surface area (Å²) in [7, 11) is 0. The first-order valence-corrected chi connectivity index (χ1v) is 11.3. The molecule has 3 fully saturated rings. The number of hydrogen-bond acceptors (Lipinski definition) is 3. The summed E-state index contributed by atoms with van der Waals surface area (Å²) >= 11 is 2.21. The highest BCUT2D eigenvalue weighted by Gasteiger charge is 2.67. The predicted molar refractivity (Wildman–Crippen MR) is 121 cm³/mol. The standard InChI is InChI=1S/C24H19IN2O3/c25-13-3-5-14(6-4-13)26-22(28)12-1-7-15(8-2-12)27-23(29)20-16-9-10-17(19-11-18(16)19)21(20)24(27)30/h1-10,16-21H,11H2,(H,26,28)/t16-,17-,18-,19-,20-,21+/m0/s1. The molecule has 1 aliphatic heterocycles.